The van der Waals surface area contributed by atoms with Crippen molar-refractivity contribution in [2.24, 2.45) is 0 Å². The van der Waals surface area contributed by atoms with Crippen molar-refractivity contribution in [1.29, 1.82) is 0 Å². The molecule has 0 aromatic heterocycles. The molecular formula is C67H110O6. The van der Waals surface area contributed by atoms with Gasteiger partial charge in [-0.1, -0.05) is 245 Å². The minimum absolute atomic E-state index is 0.0873. The van der Waals surface area contributed by atoms with Gasteiger partial charge in [0.15, 0.2) is 6.10 Å². The van der Waals surface area contributed by atoms with E-state index < -0.39 is 6.10 Å². The summed E-state index contributed by atoms with van der Waals surface area (Å²) in [4.78, 5) is 37.9. The molecule has 0 aliphatic rings. The Morgan fingerprint density at radius 3 is 0.849 bits per heavy atom. The molecule has 414 valence electrons. The summed E-state index contributed by atoms with van der Waals surface area (Å²) in [6.07, 6.45) is 83.7. The van der Waals surface area contributed by atoms with Crippen LogP contribution in [0.2, 0.25) is 0 Å². The van der Waals surface area contributed by atoms with Crippen molar-refractivity contribution >= 4 is 17.9 Å². The van der Waals surface area contributed by atoms with Crippen molar-refractivity contribution < 1.29 is 28.6 Å². The van der Waals surface area contributed by atoms with Crippen LogP contribution in [0.5, 0.6) is 0 Å². The maximum Gasteiger partial charge on any atom is 0.306 e. The summed E-state index contributed by atoms with van der Waals surface area (Å²) in [7, 11) is 0. The molecule has 6 heteroatoms. The molecule has 0 fully saturated rings. The Labute approximate surface area is 450 Å². The van der Waals surface area contributed by atoms with Crippen LogP contribution >= 0.6 is 0 Å². The Morgan fingerprint density at radius 1 is 0.288 bits per heavy atom. The SMILES string of the molecule is CC/C=C\C/C=C\C/C=C\C/C=C\C/C=C\C/C=C\C/C=C\C/C=C\CCCCCCCCCCCCC(=O)OCC(COC(=O)CCCCCCC/C=C\CCC)OC(=O)CCCCCCC/C=C\CCC. The zero-order chi connectivity index (χ0) is 52.9. The highest BCUT2D eigenvalue weighted by Crippen LogP contribution is 2.15. The van der Waals surface area contributed by atoms with Crippen molar-refractivity contribution in [2.75, 3.05) is 13.2 Å². The van der Waals surface area contributed by atoms with Gasteiger partial charge in [-0.2, -0.15) is 0 Å². The lowest BCUT2D eigenvalue weighted by molar-refractivity contribution is -0.167. The highest BCUT2D eigenvalue weighted by molar-refractivity contribution is 5.71. The van der Waals surface area contributed by atoms with Crippen LogP contribution in [0.15, 0.2) is 122 Å². The maximum absolute atomic E-state index is 12.8. The van der Waals surface area contributed by atoms with E-state index in [0.717, 1.165) is 148 Å². The standard InChI is InChI=1S/C67H110O6/c1-4-7-10-13-16-19-22-23-24-25-26-27-28-29-30-31-32-33-34-35-36-37-38-39-40-41-42-43-44-45-46-49-51-54-57-60-66(69)72-63-64(73-67(70)61-58-55-52-48-21-18-15-12-9-6-3)62-71-65(68)59-56-53-50-47-20-17-14-11-8-5-2/h7,10-12,14-16,19,23-24,26-27,29-30,32-33,35-36,38-39,64H,4-6,8-9,13,17-18,20-22,25,28,31,34,37,40-63H2,1-3H3/b10-7-,14-11-,15-12-,19-16-,24-23-,27-26-,30-29-,33-32-,36-35-,39-38-. The van der Waals surface area contributed by atoms with Crippen LogP contribution in [0.1, 0.15) is 265 Å². The summed E-state index contributed by atoms with van der Waals surface area (Å²) in [5.74, 6) is -0.916. The van der Waals surface area contributed by atoms with E-state index in [1.807, 2.05) is 0 Å². The summed E-state index contributed by atoms with van der Waals surface area (Å²) in [5.41, 5.74) is 0. The third kappa shape index (κ3) is 58.6. The first-order valence-corrected chi connectivity index (χ1v) is 30.0. The summed E-state index contributed by atoms with van der Waals surface area (Å²) < 4.78 is 16.8. The zero-order valence-corrected chi connectivity index (χ0v) is 47.4. The fourth-order valence-corrected chi connectivity index (χ4v) is 7.93. The van der Waals surface area contributed by atoms with Gasteiger partial charge in [-0.15, -0.1) is 0 Å². The molecule has 0 radical (unpaired) electrons. The number of hydrogen-bond donors (Lipinski definition) is 0. The lowest BCUT2D eigenvalue weighted by Crippen LogP contribution is -2.30. The number of allylic oxidation sites excluding steroid dienone is 20. The number of hydrogen-bond acceptors (Lipinski definition) is 6. The Bertz CT molecular complexity index is 1540. The molecule has 0 aliphatic heterocycles. The van der Waals surface area contributed by atoms with Crippen LogP contribution in [0.4, 0.5) is 0 Å². The van der Waals surface area contributed by atoms with E-state index in [1.165, 1.54) is 77.0 Å². The number of esters is 3. The molecule has 0 saturated carbocycles. The smallest absolute Gasteiger partial charge is 0.306 e. The lowest BCUT2D eigenvalue weighted by Gasteiger charge is -2.18. The molecule has 73 heavy (non-hydrogen) atoms. The fraction of sp³-hybridized carbons (Fsp3) is 0.657. The Kier molecular flexibility index (Phi) is 56.9. The van der Waals surface area contributed by atoms with Crippen LogP contribution < -0.4 is 0 Å². The molecule has 0 spiro atoms. The molecule has 0 bridgehead atoms. The van der Waals surface area contributed by atoms with Gasteiger partial charge in [0, 0.05) is 19.3 Å². The minimum atomic E-state index is -0.787. The second-order valence-electron chi connectivity index (χ2n) is 19.5. The predicted molar refractivity (Wildman–Crippen MR) is 316 cm³/mol. The van der Waals surface area contributed by atoms with Gasteiger partial charge in [-0.3, -0.25) is 14.4 Å². The average Bonchev–Trinajstić information content (AvgIpc) is 3.39. The number of unbranched alkanes of at least 4 members (excludes halogenated alkanes) is 22. The van der Waals surface area contributed by atoms with Crippen LogP contribution in [0.25, 0.3) is 0 Å². The maximum atomic E-state index is 12.8. The number of carbonyl (C=O) groups is 3. The van der Waals surface area contributed by atoms with Gasteiger partial charge in [-0.05, 0) is 122 Å². The van der Waals surface area contributed by atoms with Crippen LogP contribution in [-0.4, -0.2) is 37.2 Å². The number of ether oxygens (including phenoxy) is 3. The van der Waals surface area contributed by atoms with E-state index in [9.17, 15) is 14.4 Å². The minimum Gasteiger partial charge on any atom is -0.462 e. The monoisotopic (exact) mass is 1010 g/mol. The van der Waals surface area contributed by atoms with Crippen molar-refractivity contribution in [3.8, 4) is 0 Å². The predicted octanol–water partition coefficient (Wildman–Crippen LogP) is 20.4. The normalized spacial score (nSPS) is 13.0. The molecule has 6 nitrogen and oxygen atoms in total. The van der Waals surface area contributed by atoms with Gasteiger partial charge in [0.25, 0.3) is 0 Å². The van der Waals surface area contributed by atoms with E-state index in [4.69, 9.17) is 14.2 Å². The molecule has 0 aliphatic carbocycles. The summed E-state index contributed by atoms with van der Waals surface area (Å²) in [6, 6.07) is 0. The van der Waals surface area contributed by atoms with Gasteiger partial charge < -0.3 is 14.2 Å². The van der Waals surface area contributed by atoms with E-state index in [0.29, 0.717) is 19.3 Å². The quantitative estimate of drug-likeness (QED) is 0.0261. The molecular weight excluding hydrogens is 901 g/mol. The Morgan fingerprint density at radius 2 is 0.534 bits per heavy atom. The number of carbonyl (C=O) groups excluding carboxylic acids is 3. The lowest BCUT2D eigenvalue weighted by atomic mass is 10.1. The van der Waals surface area contributed by atoms with Gasteiger partial charge in [0.2, 0.25) is 0 Å². The largest absolute Gasteiger partial charge is 0.462 e. The van der Waals surface area contributed by atoms with E-state index in [2.05, 4.69) is 142 Å². The molecule has 0 amide bonds. The van der Waals surface area contributed by atoms with Crippen molar-refractivity contribution in [3.63, 3.8) is 0 Å². The molecule has 0 rings (SSSR count). The summed E-state index contributed by atoms with van der Waals surface area (Å²) >= 11 is 0. The highest BCUT2D eigenvalue weighted by atomic mass is 16.6. The second kappa shape index (κ2) is 60.4. The highest BCUT2D eigenvalue weighted by Gasteiger charge is 2.19. The molecule has 0 aromatic carbocycles. The van der Waals surface area contributed by atoms with Crippen LogP contribution in [-0.2, 0) is 28.6 Å². The van der Waals surface area contributed by atoms with Crippen LogP contribution in [0, 0.1) is 0 Å². The van der Waals surface area contributed by atoms with E-state index in [-0.39, 0.29) is 31.1 Å². The van der Waals surface area contributed by atoms with E-state index in [1.54, 1.807) is 0 Å². The third-order valence-corrected chi connectivity index (χ3v) is 12.4. The first-order valence-electron chi connectivity index (χ1n) is 30.0. The first kappa shape index (κ1) is 68.8. The summed E-state index contributed by atoms with van der Waals surface area (Å²) in [6.45, 7) is 6.37. The third-order valence-electron chi connectivity index (χ3n) is 12.4. The molecule has 1 atom stereocenters. The van der Waals surface area contributed by atoms with Gasteiger partial charge in [0.1, 0.15) is 13.2 Å². The molecule has 0 heterocycles. The molecule has 0 saturated heterocycles. The Hall–Kier alpha value is -4.19. The average molecular weight is 1010 g/mol. The first-order chi connectivity index (χ1) is 36.0. The van der Waals surface area contributed by atoms with Crippen molar-refractivity contribution in [2.45, 2.75) is 271 Å². The van der Waals surface area contributed by atoms with E-state index >= 15 is 0 Å². The van der Waals surface area contributed by atoms with Gasteiger partial charge in [-0.25, -0.2) is 0 Å². The molecule has 1 unspecified atom stereocenters. The van der Waals surface area contributed by atoms with Crippen molar-refractivity contribution in [3.05, 3.63) is 122 Å². The zero-order valence-electron chi connectivity index (χ0n) is 47.4. The van der Waals surface area contributed by atoms with Gasteiger partial charge >= 0.3 is 17.9 Å². The molecule has 0 N–H and O–H groups in total. The topological polar surface area (TPSA) is 78.9 Å². The number of rotatable bonds is 53. The summed E-state index contributed by atoms with van der Waals surface area (Å²) in [5, 5.41) is 0. The van der Waals surface area contributed by atoms with Gasteiger partial charge in [0.05, 0.1) is 0 Å². The Balaban J connectivity index is 4.09. The molecule has 0 aromatic rings. The van der Waals surface area contributed by atoms with Crippen molar-refractivity contribution in [1.82, 2.24) is 0 Å². The van der Waals surface area contributed by atoms with Crippen LogP contribution in [0.3, 0.4) is 0 Å². The fourth-order valence-electron chi connectivity index (χ4n) is 7.93. The second-order valence-corrected chi connectivity index (χ2v) is 19.5.